The predicted molar refractivity (Wildman–Crippen MR) is 57.4 cm³/mol. The van der Waals surface area contributed by atoms with Crippen LogP contribution in [0.4, 0.5) is 0 Å². The minimum atomic E-state index is -1.13. The van der Waals surface area contributed by atoms with Gasteiger partial charge in [0.25, 0.3) is 0 Å². The van der Waals surface area contributed by atoms with E-state index in [1.807, 2.05) is 20.8 Å². The van der Waals surface area contributed by atoms with Crippen molar-refractivity contribution < 1.29 is 9.90 Å². The smallest absolute Gasteiger partial charge is 0.374 e. The second-order valence-electron chi connectivity index (χ2n) is 3.86. The number of carboxylic acids is 1. The summed E-state index contributed by atoms with van der Waals surface area (Å²) in [7, 11) is 0. The summed E-state index contributed by atoms with van der Waals surface area (Å²) >= 11 is 0. The van der Waals surface area contributed by atoms with Crippen LogP contribution >= 0.6 is 0 Å². The Bertz CT molecular complexity index is 559. The summed E-state index contributed by atoms with van der Waals surface area (Å²) in [6, 6.07) is 0.132. The van der Waals surface area contributed by atoms with Gasteiger partial charge in [-0.3, -0.25) is 0 Å². The Morgan fingerprint density at radius 1 is 1.50 bits per heavy atom. The van der Waals surface area contributed by atoms with Crippen LogP contribution in [-0.4, -0.2) is 30.8 Å². The average molecular weight is 220 g/mol. The van der Waals surface area contributed by atoms with Crippen LogP contribution in [0.1, 0.15) is 36.2 Å². The van der Waals surface area contributed by atoms with Gasteiger partial charge in [0.1, 0.15) is 0 Å². The molecule has 0 radical (unpaired) electrons. The molecule has 2 aromatic heterocycles. The van der Waals surface area contributed by atoms with E-state index in [1.54, 1.807) is 4.68 Å². The van der Waals surface area contributed by atoms with E-state index in [0.717, 1.165) is 11.1 Å². The van der Waals surface area contributed by atoms with Gasteiger partial charge >= 0.3 is 5.97 Å². The van der Waals surface area contributed by atoms with Crippen LogP contribution in [0, 0.1) is 6.92 Å². The third-order valence-corrected chi connectivity index (χ3v) is 2.31. The predicted octanol–water partition coefficient (Wildman–Crippen LogP) is 1.41. The first-order chi connectivity index (χ1) is 7.50. The molecule has 0 spiro atoms. The third kappa shape index (κ3) is 1.52. The van der Waals surface area contributed by atoms with Gasteiger partial charge < -0.3 is 5.11 Å². The van der Waals surface area contributed by atoms with Crippen LogP contribution in [0.2, 0.25) is 0 Å². The zero-order chi connectivity index (χ0) is 11.9. The topological polar surface area (TPSA) is 80.9 Å². The molecule has 0 aliphatic carbocycles. The van der Waals surface area contributed by atoms with Crippen molar-refractivity contribution in [1.82, 2.24) is 19.7 Å². The van der Waals surface area contributed by atoms with E-state index >= 15 is 0 Å². The van der Waals surface area contributed by atoms with Crippen LogP contribution in [0.3, 0.4) is 0 Å². The molecule has 0 saturated heterocycles. The molecule has 0 atom stereocenters. The van der Waals surface area contributed by atoms with E-state index in [4.69, 9.17) is 5.11 Å². The van der Waals surface area contributed by atoms with Crippen molar-refractivity contribution in [3.63, 3.8) is 0 Å². The molecule has 0 aromatic carbocycles. The van der Waals surface area contributed by atoms with E-state index in [-0.39, 0.29) is 11.9 Å². The van der Waals surface area contributed by atoms with Crippen LogP contribution in [-0.2, 0) is 0 Å². The lowest BCUT2D eigenvalue weighted by Crippen LogP contribution is -2.08. The van der Waals surface area contributed by atoms with Crippen LogP contribution in [0.25, 0.3) is 11.0 Å². The van der Waals surface area contributed by atoms with Crippen LogP contribution in [0.15, 0.2) is 6.20 Å². The molecule has 6 heteroatoms. The Morgan fingerprint density at radius 2 is 2.19 bits per heavy atom. The summed E-state index contributed by atoms with van der Waals surface area (Å²) in [6.07, 6.45) is 1.51. The Kier molecular flexibility index (Phi) is 2.34. The molecule has 0 aliphatic heterocycles. The fourth-order valence-corrected chi connectivity index (χ4v) is 1.53. The average Bonchev–Trinajstić information content (AvgIpc) is 2.56. The van der Waals surface area contributed by atoms with Crippen molar-refractivity contribution in [1.29, 1.82) is 0 Å². The minimum absolute atomic E-state index is 0.132. The molecule has 0 saturated carbocycles. The molecule has 2 aromatic rings. The number of fused-ring (bicyclic) bond motifs is 1. The SMILES string of the molecule is Cc1nn(C(C)C)c2nc(C(=O)O)ncc12. The molecular weight excluding hydrogens is 208 g/mol. The lowest BCUT2D eigenvalue weighted by Gasteiger charge is -2.05. The Labute approximate surface area is 91.9 Å². The van der Waals surface area contributed by atoms with Crippen molar-refractivity contribution in [3.8, 4) is 0 Å². The first-order valence-corrected chi connectivity index (χ1v) is 4.96. The monoisotopic (exact) mass is 220 g/mol. The number of aromatic nitrogens is 4. The van der Waals surface area contributed by atoms with E-state index in [1.165, 1.54) is 6.20 Å². The van der Waals surface area contributed by atoms with Crippen molar-refractivity contribution >= 4 is 17.0 Å². The zero-order valence-electron chi connectivity index (χ0n) is 9.30. The molecule has 0 fully saturated rings. The van der Waals surface area contributed by atoms with Gasteiger partial charge in [0.05, 0.1) is 11.1 Å². The Hall–Kier alpha value is -1.98. The third-order valence-electron chi connectivity index (χ3n) is 2.31. The van der Waals surface area contributed by atoms with E-state index in [9.17, 15) is 4.79 Å². The summed E-state index contributed by atoms with van der Waals surface area (Å²) in [5.41, 5.74) is 1.38. The lowest BCUT2D eigenvalue weighted by molar-refractivity contribution is 0.0684. The molecule has 6 nitrogen and oxygen atoms in total. The fourth-order valence-electron chi connectivity index (χ4n) is 1.53. The molecule has 0 aliphatic rings. The number of aromatic carboxylic acids is 1. The van der Waals surface area contributed by atoms with Gasteiger partial charge in [0.15, 0.2) is 5.65 Å². The molecular formula is C10H12N4O2. The molecule has 2 heterocycles. The highest BCUT2D eigenvalue weighted by molar-refractivity contribution is 5.86. The second-order valence-corrected chi connectivity index (χ2v) is 3.86. The van der Waals surface area contributed by atoms with E-state index in [2.05, 4.69) is 15.1 Å². The molecule has 0 bridgehead atoms. The molecule has 0 amide bonds. The minimum Gasteiger partial charge on any atom is -0.475 e. The molecule has 0 unspecified atom stereocenters. The molecule has 1 N–H and O–H groups in total. The van der Waals surface area contributed by atoms with Gasteiger partial charge in [-0.05, 0) is 20.8 Å². The summed E-state index contributed by atoms with van der Waals surface area (Å²) < 4.78 is 1.71. The highest BCUT2D eigenvalue weighted by Gasteiger charge is 2.15. The quantitative estimate of drug-likeness (QED) is 0.827. The zero-order valence-corrected chi connectivity index (χ0v) is 9.30. The lowest BCUT2D eigenvalue weighted by atomic mass is 10.3. The Morgan fingerprint density at radius 3 is 2.75 bits per heavy atom. The van der Waals surface area contributed by atoms with Crippen LogP contribution in [0.5, 0.6) is 0 Å². The molecule has 84 valence electrons. The van der Waals surface area contributed by atoms with Gasteiger partial charge in [-0.15, -0.1) is 0 Å². The van der Waals surface area contributed by atoms with Gasteiger partial charge in [0, 0.05) is 12.2 Å². The second kappa shape index (κ2) is 3.55. The summed E-state index contributed by atoms with van der Waals surface area (Å²) in [4.78, 5) is 18.6. The number of carboxylic acid groups (broad SMARTS) is 1. The molecule has 16 heavy (non-hydrogen) atoms. The van der Waals surface area contributed by atoms with E-state index in [0.29, 0.717) is 5.65 Å². The summed E-state index contributed by atoms with van der Waals surface area (Å²) in [5.74, 6) is -1.33. The number of carbonyl (C=O) groups is 1. The van der Waals surface area contributed by atoms with Crippen LogP contribution < -0.4 is 0 Å². The van der Waals surface area contributed by atoms with Crippen molar-refractivity contribution in [2.75, 3.05) is 0 Å². The van der Waals surface area contributed by atoms with Gasteiger partial charge in [0.2, 0.25) is 5.82 Å². The number of rotatable bonds is 2. The fraction of sp³-hybridized carbons (Fsp3) is 0.400. The number of hydrogen-bond donors (Lipinski definition) is 1. The van der Waals surface area contributed by atoms with Gasteiger partial charge in [-0.25, -0.2) is 19.4 Å². The maximum atomic E-state index is 10.8. The first-order valence-electron chi connectivity index (χ1n) is 4.96. The Balaban J connectivity index is 2.74. The summed E-state index contributed by atoms with van der Waals surface area (Å²) in [5, 5.41) is 13.9. The van der Waals surface area contributed by atoms with Crippen molar-refractivity contribution in [3.05, 3.63) is 17.7 Å². The van der Waals surface area contributed by atoms with Gasteiger partial charge in [-0.1, -0.05) is 0 Å². The number of hydrogen-bond acceptors (Lipinski definition) is 4. The normalized spacial score (nSPS) is 11.2. The van der Waals surface area contributed by atoms with Crippen molar-refractivity contribution in [2.24, 2.45) is 0 Å². The maximum Gasteiger partial charge on any atom is 0.374 e. The maximum absolute atomic E-state index is 10.8. The van der Waals surface area contributed by atoms with E-state index < -0.39 is 5.97 Å². The molecule has 2 rings (SSSR count). The highest BCUT2D eigenvalue weighted by Crippen LogP contribution is 2.18. The number of aryl methyl sites for hydroxylation is 1. The van der Waals surface area contributed by atoms with Crippen molar-refractivity contribution in [2.45, 2.75) is 26.8 Å². The summed E-state index contributed by atoms with van der Waals surface area (Å²) in [6.45, 7) is 5.79. The van der Waals surface area contributed by atoms with Gasteiger partial charge in [-0.2, -0.15) is 5.10 Å². The highest BCUT2D eigenvalue weighted by atomic mass is 16.4. The number of nitrogens with zero attached hydrogens (tertiary/aromatic N) is 4. The largest absolute Gasteiger partial charge is 0.475 e. The standard InChI is InChI=1S/C10H12N4O2/c1-5(2)14-9-7(6(3)13-14)4-11-8(12-9)10(15)16/h4-5H,1-3H3,(H,15,16). The first kappa shape index (κ1) is 10.5.